The molecule has 1 heterocycles. The summed E-state index contributed by atoms with van der Waals surface area (Å²) in [5, 5.41) is 9.58. The van der Waals surface area contributed by atoms with Crippen molar-refractivity contribution in [2.45, 2.75) is 53.1 Å². The van der Waals surface area contributed by atoms with Gasteiger partial charge in [0.1, 0.15) is 0 Å². The lowest BCUT2D eigenvalue weighted by atomic mass is 9.82. The minimum Gasteiger partial charge on any atom is -0.391 e. The SMILES string of the molecule is CC(C)CC(C)(C)C(=O)N1CCCC(O)C1. The van der Waals surface area contributed by atoms with Gasteiger partial charge in [-0.15, -0.1) is 0 Å². The van der Waals surface area contributed by atoms with Crippen molar-refractivity contribution in [3.8, 4) is 0 Å². The summed E-state index contributed by atoms with van der Waals surface area (Å²) in [4.78, 5) is 14.1. The van der Waals surface area contributed by atoms with Crippen molar-refractivity contribution in [2.75, 3.05) is 13.1 Å². The molecule has 0 aromatic carbocycles. The quantitative estimate of drug-likeness (QED) is 0.801. The molecule has 3 heteroatoms. The number of aliphatic hydroxyl groups is 1. The van der Waals surface area contributed by atoms with Crippen LogP contribution in [0.5, 0.6) is 0 Å². The Morgan fingerprint density at radius 1 is 1.50 bits per heavy atom. The maximum absolute atomic E-state index is 12.3. The Morgan fingerprint density at radius 2 is 2.12 bits per heavy atom. The number of aliphatic hydroxyl groups excluding tert-OH is 1. The van der Waals surface area contributed by atoms with Gasteiger partial charge in [0, 0.05) is 18.5 Å². The monoisotopic (exact) mass is 227 g/mol. The van der Waals surface area contributed by atoms with Crippen LogP contribution >= 0.6 is 0 Å². The van der Waals surface area contributed by atoms with Crippen molar-refractivity contribution >= 4 is 5.91 Å². The number of likely N-dealkylation sites (tertiary alicyclic amines) is 1. The highest BCUT2D eigenvalue weighted by Gasteiger charge is 2.34. The normalized spacial score (nSPS) is 22.6. The summed E-state index contributed by atoms with van der Waals surface area (Å²) in [5.41, 5.74) is -0.300. The lowest BCUT2D eigenvalue weighted by molar-refractivity contribution is -0.144. The highest BCUT2D eigenvalue weighted by atomic mass is 16.3. The van der Waals surface area contributed by atoms with E-state index in [9.17, 15) is 9.90 Å². The number of piperidine rings is 1. The molecule has 0 aromatic rings. The molecule has 1 aliphatic rings. The van der Waals surface area contributed by atoms with E-state index < -0.39 is 0 Å². The van der Waals surface area contributed by atoms with Gasteiger partial charge >= 0.3 is 0 Å². The first-order valence-corrected chi connectivity index (χ1v) is 6.30. The summed E-state index contributed by atoms with van der Waals surface area (Å²) in [7, 11) is 0. The fourth-order valence-electron chi connectivity index (χ4n) is 2.68. The zero-order valence-corrected chi connectivity index (χ0v) is 11.0. The average molecular weight is 227 g/mol. The van der Waals surface area contributed by atoms with Gasteiger partial charge in [-0.3, -0.25) is 4.79 Å². The standard InChI is InChI=1S/C13H25NO2/c1-10(2)8-13(3,4)12(16)14-7-5-6-11(15)9-14/h10-11,15H,5-9H2,1-4H3. The first-order chi connectivity index (χ1) is 7.33. The van der Waals surface area contributed by atoms with Crippen LogP contribution in [0.15, 0.2) is 0 Å². The van der Waals surface area contributed by atoms with Crippen LogP contribution in [-0.4, -0.2) is 35.1 Å². The molecular formula is C13H25NO2. The maximum Gasteiger partial charge on any atom is 0.228 e. The van der Waals surface area contributed by atoms with Crippen molar-refractivity contribution in [1.82, 2.24) is 4.90 Å². The van der Waals surface area contributed by atoms with E-state index in [1.165, 1.54) is 0 Å². The van der Waals surface area contributed by atoms with Gasteiger partial charge in [0.15, 0.2) is 0 Å². The van der Waals surface area contributed by atoms with Gasteiger partial charge in [-0.2, -0.15) is 0 Å². The third-order valence-corrected chi connectivity index (χ3v) is 3.18. The van der Waals surface area contributed by atoms with Gasteiger partial charge in [-0.1, -0.05) is 27.7 Å². The molecule has 94 valence electrons. The highest BCUT2D eigenvalue weighted by Crippen LogP contribution is 2.29. The summed E-state index contributed by atoms with van der Waals surface area (Å²) in [6.07, 6.45) is 2.32. The fraction of sp³-hybridized carbons (Fsp3) is 0.923. The Balaban J connectivity index is 2.61. The Bertz CT molecular complexity index is 248. The van der Waals surface area contributed by atoms with Crippen molar-refractivity contribution in [1.29, 1.82) is 0 Å². The maximum atomic E-state index is 12.3. The van der Waals surface area contributed by atoms with E-state index in [2.05, 4.69) is 13.8 Å². The molecule has 16 heavy (non-hydrogen) atoms. The number of hydrogen-bond donors (Lipinski definition) is 1. The summed E-state index contributed by atoms with van der Waals surface area (Å²) in [5.74, 6) is 0.716. The molecule has 1 amide bonds. The minimum absolute atomic E-state index is 0.194. The number of amides is 1. The van der Waals surface area contributed by atoms with Crippen LogP contribution < -0.4 is 0 Å². The first kappa shape index (κ1) is 13.5. The van der Waals surface area contributed by atoms with Crippen LogP contribution in [0.25, 0.3) is 0 Å². The Labute approximate surface area is 98.8 Å². The van der Waals surface area contributed by atoms with Gasteiger partial charge < -0.3 is 10.0 Å². The molecule has 1 fully saturated rings. The molecule has 1 aliphatic heterocycles. The van der Waals surface area contributed by atoms with Crippen molar-refractivity contribution < 1.29 is 9.90 Å². The molecule has 0 aromatic heterocycles. The lowest BCUT2D eigenvalue weighted by Crippen LogP contribution is -2.48. The molecule has 1 saturated heterocycles. The molecule has 0 radical (unpaired) electrons. The van der Waals surface area contributed by atoms with E-state index in [4.69, 9.17) is 0 Å². The Morgan fingerprint density at radius 3 is 2.62 bits per heavy atom. The Hall–Kier alpha value is -0.570. The van der Waals surface area contributed by atoms with Gasteiger partial charge in [0.25, 0.3) is 0 Å². The first-order valence-electron chi connectivity index (χ1n) is 6.30. The molecule has 3 nitrogen and oxygen atoms in total. The molecule has 1 atom stereocenters. The number of carbonyl (C=O) groups is 1. The van der Waals surface area contributed by atoms with Crippen molar-refractivity contribution in [3.63, 3.8) is 0 Å². The largest absolute Gasteiger partial charge is 0.391 e. The predicted molar refractivity (Wildman–Crippen MR) is 65.1 cm³/mol. The summed E-state index contributed by atoms with van der Waals surface area (Å²) in [6.45, 7) is 9.62. The molecule has 1 N–H and O–H groups in total. The summed E-state index contributed by atoms with van der Waals surface area (Å²) >= 11 is 0. The van der Waals surface area contributed by atoms with Gasteiger partial charge in [0.05, 0.1) is 6.10 Å². The van der Waals surface area contributed by atoms with E-state index >= 15 is 0 Å². The highest BCUT2D eigenvalue weighted by molar-refractivity contribution is 5.82. The fourth-order valence-corrected chi connectivity index (χ4v) is 2.68. The predicted octanol–water partition coefficient (Wildman–Crippen LogP) is 2.04. The van der Waals surface area contributed by atoms with E-state index in [0.717, 1.165) is 25.8 Å². The number of rotatable bonds is 3. The van der Waals surface area contributed by atoms with E-state index in [1.54, 1.807) is 0 Å². The number of nitrogens with zero attached hydrogens (tertiary/aromatic N) is 1. The van der Waals surface area contributed by atoms with Gasteiger partial charge in [-0.25, -0.2) is 0 Å². The summed E-state index contributed by atoms with van der Waals surface area (Å²) < 4.78 is 0. The molecule has 0 saturated carbocycles. The molecule has 0 bridgehead atoms. The average Bonchev–Trinajstić information content (AvgIpc) is 2.14. The Kier molecular flexibility index (Phi) is 4.36. The van der Waals surface area contributed by atoms with Crippen LogP contribution in [0.4, 0.5) is 0 Å². The third-order valence-electron chi connectivity index (χ3n) is 3.18. The molecule has 0 spiro atoms. The van der Waals surface area contributed by atoms with Crippen molar-refractivity contribution in [2.24, 2.45) is 11.3 Å². The van der Waals surface area contributed by atoms with E-state index in [-0.39, 0.29) is 17.4 Å². The zero-order chi connectivity index (χ0) is 12.3. The number of hydrogen-bond acceptors (Lipinski definition) is 2. The zero-order valence-electron chi connectivity index (χ0n) is 11.0. The second-order valence-corrected chi connectivity index (χ2v) is 6.03. The van der Waals surface area contributed by atoms with Crippen LogP contribution in [0, 0.1) is 11.3 Å². The smallest absolute Gasteiger partial charge is 0.228 e. The summed E-state index contributed by atoms with van der Waals surface area (Å²) in [6, 6.07) is 0. The molecule has 1 rings (SSSR count). The third kappa shape index (κ3) is 3.48. The van der Waals surface area contributed by atoms with Crippen LogP contribution in [0.2, 0.25) is 0 Å². The number of β-amino-alcohol motifs (C(OH)–C–C–N with tert-alkyl or cyclic N) is 1. The topological polar surface area (TPSA) is 40.5 Å². The van der Waals surface area contributed by atoms with Crippen LogP contribution in [0.3, 0.4) is 0 Å². The van der Waals surface area contributed by atoms with Crippen LogP contribution in [-0.2, 0) is 4.79 Å². The minimum atomic E-state index is -0.326. The van der Waals surface area contributed by atoms with Crippen LogP contribution in [0.1, 0.15) is 47.0 Å². The molecule has 0 aliphatic carbocycles. The molecule has 1 unspecified atom stereocenters. The van der Waals surface area contributed by atoms with Gasteiger partial charge in [0.2, 0.25) is 5.91 Å². The molecular weight excluding hydrogens is 202 g/mol. The van der Waals surface area contributed by atoms with E-state index in [1.807, 2.05) is 18.7 Å². The lowest BCUT2D eigenvalue weighted by Gasteiger charge is -2.36. The number of carbonyl (C=O) groups excluding carboxylic acids is 1. The second-order valence-electron chi connectivity index (χ2n) is 6.03. The van der Waals surface area contributed by atoms with Gasteiger partial charge in [-0.05, 0) is 25.2 Å². The van der Waals surface area contributed by atoms with Crippen molar-refractivity contribution in [3.05, 3.63) is 0 Å². The second kappa shape index (κ2) is 5.17. The van der Waals surface area contributed by atoms with E-state index in [0.29, 0.717) is 12.5 Å².